The largest absolute Gasteiger partial charge is 0.508 e. The van der Waals surface area contributed by atoms with E-state index in [2.05, 4.69) is 0 Å². The van der Waals surface area contributed by atoms with Gasteiger partial charge in [-0.1, -0.05) is 17.7 Å². The van der Waals surface area contributed by atoms with Crippen LogP contribution in [0.3, 0.4) is 0 Å². The summed E-state index contributed by atoms with van der Waals surface area (Å²) in [7, 11) is 0. The maximum Gasteiger partial charge on any atom is 0.120 e. The van der Waals surface area contributed by atoms with E-state index in [1.165, 1.54) is 6.07 Å². The lowest BCUT2D eigenvalue weighted by Crippen LogP contribution is -1.95. The van der Waals surface area contributed by atoms with E-state index in [0.29, 0.717) is 17.4 Å². The minimum atomic E-state index is 0.128. The lowest BCUT2D eigenvalue weighted by atomic mass is 10.2. The third kappa shape index (κ3) is 3.04. The average molecular weight is 251 g/mol. The zero-order chi connectivity index (χ0) is 12.3. The van der Waals surface area contributed by atoms with E-state index in [9.17, 15) is 5.11 Å². The molecule has 0 atom stereocenters. The van der Waals surface area contributed by atoms with Crippen molar-refractivity contribution in [2.45, 2.75) is 6.61 Å². The standard InChI is InChI=1S/C13H11ClO3/c14-13-7-11(16)2-1-9(13)8-17-12-5-3-10(15)4-6-12/h1-7,15-16H,8H2. The minimum absolute atomic E-state index is 0.128. The number of phenolic OH excluding ortho intramolecular Hbond substituents is 2. The Morgan fingerprint density at radius 3 is 2.24 bits per heavy atom. The van der Waals surface area contributed by atoms with Crippen molar-refractivity contribution in [1.29, 1.82) is 0 Å². The highest BCUT2D eigenvalue weighted by Crippen LogP contribution is 2.23. The predicted octanol–water partition coefficient (Wildman–Crippen LogP) is 3.33. The Morgan fingerprint density at radius 2 is 1.59 bits per heavy atom. The molecule has 0 saturated carbocycles. The van der Waals surface area contributed by atoms with Gasteiger partial charge in [-0.25, -0.2) is 0 Å². The summed E-state index contributed by atoms with van der Waals surface area (Å²) in [6.45, 7) is 0.309. The molecule has 0 heterocycles. The van der Waals surface area contributed by atoms with Crippen LogP contribution in [-0.2, 0) is 6.61 Å². The van der Waals surface area contributed by atoms with E-state index in [1.54, 1.807) is 36.4 Å². The van der Waals surface area contributed by atoms with Gasteiger partial charge in [-0.15, -0.1) is 0 Å². The summed E-state index contributed by atoms with van der Waals surface area (Å²) in [6, 6.07) is 11.2. The molecule has 0 amide bonds. The second-order valence-corrected chi connectivity index (χ2v) is 3.97. The quantitative estimate of drug-likeness (QED) is 0.879. The van der Waals surface area contributed by atoms with E-state index < -0.39 is 0 Å². The lowest BCUT2D eigenvalue weighted by molar-refractivity contribution is 0.305. The third-order valence-corrected chi connectivity index (χ3v) is 2.62. The summed E-state index contributed by atoms with van der Waals surface area (Å²) < 4.78 is 5.49. The molecule has 17 heavy (non-hydrogen) atoms. The van der Waals surface area contributed by atoms with E-state index in [4.69, 9.17) is 21.4 Å². The topological polar surface area (TPSA) is 49.7 Å². The Balaban J connectivity index is 2.04. The third-order valence-electron chi connectivity index (χ3n) is 2.27. The van der Waals surface area contributed by atoms with Crippen LogP contribution in [0.1, 0.15) is 5.56 Å². The maximum atomic E-state index is 9.20. The summed E-state index contributed by atoms with van der Waals surface area (Å²) in [4.78, 5) is 0. The number of halogens is 1. The predicted molar refractivity (Wildman–Crippen MR) is 65.6 cm³/mol. The number of ether oxygens (including phenoxy) is 1. The summed E-state index contributed by atoms with van der Waals surface area (Å²) in [6.07, 6.45) is 0. The van der Waals surface area contributed by atoms with Crippen LogP contribution in [0.25, 0.3) is 0 Å². The van der Waals surface area contributed by atoms with Crippen molar-refractivity contribution >= 4 is 11.6 Å². The Hall–Kier alpha value is -1.87. The second kappa shape index (κ2) is 4.97. The maximum absolute atomic E-state index is 9.20. The molecule has 88 valence electrons. The second-order valence-electron chi connectivity index (χ2n) is 3.56. The van der Waals surface area contributed by atoms with Gasteiger partial charge < -0.3 is 14.9 Å². The Bertz CT molecular complexity index is 509. The van der Waals surface area contributed by atoms with Crippen molar-refractivity contribution in [1.82, 2.24) is 0 Å². The molecule has 2 aromatic carbocycles. The molecule has 0 radical (unpaired) electrons. The van der Waals surface area contributed by atoms with Crippen LogP contribution in [-0.4, -0.2) is 10.2 Å². The van der Waals surface area contributed by atoms with E-state index in [-0.39, 0.29) is 11.5 Å². The summed E-state index contributed by atoms with van der Waals surface area (Å²) in [5, 5.41) is 18.8. The van der Waals surface area contributed by atoms with Crippen molar-refractivity contribution in [2.24, 2.45) is 0 Å². The Kier molecular flexibility index (Phi) is 3.40. The van der Waals surface area contributed by atoms with Gasteiger partial charge in [0, 0.05) is 5.56 Å². The summed E-state index contributed by atoms with van der Waals surface area (Å²) in [5.41, 5.74) is 0.789. The lowest BCUT2D eigenvalue weighted by Gasteiger charge is -2.08. The van der Waals surface area contributed by atoms with Crippen molar-refractivity contribution in [3.8, 4) is 17.2 Å². The van der Waals surface area contributed by atoms with Crippen LogP contribution >= 0.6 is 11.6 Å². The first-order valence-corrected chi connectivity index (χ1v) is 5.42. The summed E-state index contributed by atoms with van der Waals surface area (Å²) in [5.74, 6) is 0.968. The highest BCUT2D eigenvalue weighted by molar-refractivity contribution is 6.31. The molecular formula is C13H11ClO3. The van der Waals surface area contributed by atoms with Gasteiger partial charge in [-0.2, -0.15) is 0 Å². The molecule has 0 saturated heterocycles. The molecule has 0 fully saturated rings. The molecule has 0 aromatic heterocycles. The van der Waals surface area contributed by atoms with Crippen LogP contribution in [0.2, 0.25) is 5.02 Å². The average Bonchev–Trinajstić information content (AvgIpc) is 2.30. The van der Waals surface area contributed by atoms with Gasteiger partial charge in [-0.05, 0) is 36.4 Å². The van der Waals surface area contributed by atoms with Gasteiger partial charge in [0.2, 0.25) is 0 Å². The number of benzene rings is 2. The van der Waals surface area contributed by atoms with Crippen LogP contribution in [0.5, 0.6) is 17.2 Å². The molecule has 2 aromatic rings. The number of hydrogen-bond acceptors (Lipinski definition) is 3. The van der Waals surface area contributed by atoms with E-state index >= 15 is 0 Å². The van der Waals surface area contributed by atoms with Crippen LogP contribution in [0.4, 0.5) is 0 Å². The number of aromatic hydroxyl groups is 2. The van der Waals surface area contributed by atoms with Crippen molar-refractivity contribution in [3.63, 3.8) is 0 Å². The minimum Gasteiger partial charge on any atom is -0.508 e. The van der Waals surface area contributed by atoms with E-state index in [0.717, 1.165) is 5.56 Å². The zero-order valence-electron chi connectivity index (χ0n) is 8.93. The van der Waals surface area contributed by atoms with Crippen molar-refractivity contribution in [2.75, 3.05) is 0 Å². The number of hydrogen-bond donors (Lipinski definition) is 2. The first kappa shape index (κ1) is 11.6. The summed E-state index contributed by atoms with van der Waals surface area (Å²) >= 11 is 5.94. The molecular weight excluding hydrogens is 240 g/mol. The van der Waals surface area contributed by atoms with Crippen molar-refractivity contribution < 1.29 is 14.9 Å². The highest BCUT2D eigenvalue weighted by Gasteiger charge is 2.02. The van der Waals surface area contributed by atoms with Gasteiger partial charge in [0.25, 0.3) is 0 Å². The monoisotopic (exact) mass is 250 g/mol. The molecule has 0 bridgehead atoms. The fourth-order valence-corrected chi connectivity index (χ4v) is 1.59. The van der Waals surface area contributed by atoms with Gasteiger partial charge >= 0.3 is 0 Å². The number of rotatable bonds is 3. The molecule has 2 N–H and O–H groups in total. The smallest absolute Gasteiger partial charge is 0.120 e. The molecule has 2 rings (SSSR count). The van der Waals surface area contributed by atoms with Crippen LogP contribution < -0.4 is 4.74 Å². The fourth-order valence-electron chi connectivity index (χ4n) is 1.36. The highest BCUT2D eigenvalue weighted by atomic mass is 35.5. The normalized spacial score (nSPS) is 10.2. The van der Waals surface area contributed by atoms with Gasteiger partial charge in [0.1, 0.15) is 23.9 Å². The Morgan fingerprint density at radius 1 is 0.941 bits per heavy atom. The van der Waals surface area contributed by atoms with Crippen LogP contribution in [0.15, 0.2) is 42.5 Å². The van der Waals surface area contributed by atoms with Gasteiger partial charge in [0.15, 0.2) is 0 Å². The molecule has 4 heteroatoms. The van der Waals surface area contributed by atoms with Gasteiger partial charge in [-0.3, -0.25) is 0 Å². The molecule has 0 aliphatic carbocycles. The first-order chi connectivity index (χ1) is 8.15. The van der Waals surface area contributed by atoms with Crippen LogP contribution in [0, 0.1) is 0 Å². The first-order valence-electron chi connectivity index (χ1n) is 5.04. The van der Waals surface area contributed by atoms with Gasteiger partial charge in [0.05, 0.1) is 5.02 Å². The molecule has 0 unspecified atom stereocenters. The fraction of sp³-hybridized carbons (Fsp3) is 0.0769. The Labute approximate surface area is 104 Å². The molecule has 0 aliphatic rings. The molecule has 0 aliphatic heterocycles. The van der Waals surface area contributed by atoms with Crippen molar-refractivity contribution in [3.05, 3.63) is 53.1 Å². The SMILES string of the molecule is Oc1ccc(OCc2ccc(O)cc2Cl)cc1. The molecule has 3 nitrogen and oxygen atoms in total. The zero-order valence-corrected chi connectivity index (χ0v) is 9.69. The van der Waals surface area contributed by atoms with E-state index in [1.807, 2.05) is 0 Å². The molecule has 0 spiro atoms. The number of phenols is 2.